The van der Waals surface area contributed by atoms with E-state index in [-0.39, 0.29) is 28.9 Å². The molecule has 0 aromatic carbocycles. The monoisotopic (exact) mass is 220 g/mol. The van der Waals surface area contributed by atoms with Gasteiger partial charge in [-0.2, -0.15) is 5.26 Å². The fraction of sp³-hybridized carbons (Fsp3) is 0.750. The number of hydrogen-bond acceptors (Lipinski definition) is 3. The number of rotatable bonds is 3. The van der Waals surface area contributed by atoms with Gasteiger partial charge < -0.3 is 5.73 Å². The summed E-state index contributed by atoms with van der Waals surface area (Å²) in [4.78, 5) is 22.3. The van der Waals surface area contributed by atoms with Crippen molar-refractivity contribution in [3.8, 4) is 6.07 Å². The van der Waals surface area contributed by atoms with Crippen molar-refractivity contribution in [2.45, 2.75) is 38.5 Å². The van der Waals surface area contributed by atoms with Gasteiger partial charge in [0.05, 0.1) is 6.07 Å². The number of nitrogens with zero attached hydrogens (tertiary/aromatic N) is 1. The lowest BCUT2D eigenvalue weighted by atomic mass is 9.68. The third-order valence-electron chi connectivity index (χ3n) is 4.18. The zero-order valence-corrected chi connectivity index (χ0v) is 9.24. The first-order chi connectivity index (χ1) is 7.59. The fourth-order valence-corrected chi connectivity index (χ4v) is 3.05. The maximum atomic E-state index is 11.2. The quantitative estimate of drug-likeness (QED) is 0.774. The van der Waals surface area contributed by atoms with E-state index in [2.05, 4.69) is 6.07 Å². The molecule has 0 aromatic heterocycles. The molecule has 0 radical (unpaired) electrons. The number of primary amides is 1. The molecule has 16 heavy (non-hydrogen) atoms. The van der Waals surface area contributed by atoms with Gasteiger partial charge in [-0.15, -0.1) is 0 Å². The Morgan fingerprint density at radius 1 is 1.50 bits per heavy atom. The molecule has 2 fully saturated rings. The van der Waals surface area contributed by atoms with E-state index in [0.717, 1.165) is 19.3 Å². The van der Waals surface area contributed by atoms with Gasteiger partial charge in [0, 0.05) is 25.2 Å². The highest BCUT2D eigenvalue weighted by Crippen LogP contribution is 2.58. The Hall–Kier alpha value is -1.37. The zero-order valence-electron chi connectivity index (χ0n) is 9.24. The molecule has 1 amide bonds. The van der Waals surface area contributed by atoms with Gasteiger partial charge in [-0.1, -0.05) is 0 Å². The molecule has 2 atom stereocenters. The lowest BCUT2D eigenvalue weighted by molar-refractivity contribution is -0.123. The number of carbonyl (C=O) groups is 2. The summed E-state index contributed by atoms with van der Waals surface area (Å²) in [5.74, 6) is 0.225. The third kappa shape index (κ3) is 1.82. The molecule has 2 unspecified atom stereocenters. The van der Waals surface area contributed by atoms with Crippen molar-refractivity contribution in [2.24, 2.45) is 23.0 Å². The number of carbonyl (C=O) groups excluding carboxylic acids is 2. The van der Waals surface area contributed by atoms with Crippen molar-refractivity contribution in [1.82, 2.24) is 0 Å². The van der Waals surface area contributed by atoms with Crippen LogP contribution < -0.4 is 5.73 Å². The van der Waals surface area contributed by atoms with E-state index in [9.17, 15) is 9.59 Å². The molecule has 2 aliphatic rings. The predicted octanol–water partition coefficient (Wildman–Crippen LogP) is 1.15. The molecule has 2 rings (SSSR count). The van der Waals surface area contributed by atoms with Crippen molar-refractivity contribution in [2.75, 3.05) is 0 Å². The van der Waals surface area contributed by atoms with Gasteiger partial charge in [-0.3, -0.25) is 9.59 Å². The van der Waals surface area contributed by atoms with E-state index < -0.39 is 0 Å². The van der Waals surface area contributed by atoms with Crippen LogP contribution in [0.4, 0.5) is 0 Å². The Morgan fingerprint density at radius 2 is 2.12 bits per heavy atom. The van der Waals surface area contributed by atoms with Crippen LogP contribution in [0.5, 0.6) is 0 Å². The lowest BCUT2D eigenvalue weighted by Crippen LogP contribution is -2.31. The molecular weight excluding hydrogens is 204 g/mol. The maximum Gasteiger partial charge on any atom is 0.220 e. The highest BCUT2D eigenvalue weighted by Gasteiger charge is 2.55. The van der Waals surface area contributed by atoms with Crippen LogP contribution in [-0.4, -0.2) is 11.7 Å². The smallest absolute Gasteiger partial charge is 0.220 e. The van der Waals surface area contributed by atoms with Crippen molar-refractivity contribution < 1.29 is 9.59 Å². The normalized spacial score (nSPS) is 31.8. The summed E-state index contributed by atoms with van der Waals surface area (Å²) in [7, 11) is 0. The van der Waals surface area contributed by atoms with Crippen molar-refractivity contribution >= 4 is 11.7 Å². The minimum atomic E-state index is -0.251. The second-order valence-corrected chi connectivity index (χ2v) is 5.09. The Labute approximate surface area is 94.8 Å². The predicted molar refractivity (Wildman–Crippen MR) is 56.9 cm³/mol. The van der Waals surface area contributed by atoms with Gasteiger partial charge in [0.1, 0.15) is 5.78 Å². The van der Waals surface area contributed by atoms with E-state index in [4.69, 9.17) is 11.0 Å². The summed E-state index contributed by atoms with van der Waals surface area (Å²) in [5.41, 5.74) is 5.18. The van der Waals surface area contributed by atoms with E-state index in [1.807, 2.05) is 0 Å². The van der Waals surface area contributed by atoms with Gasteiger partial charge in [0.15, 0.2) is 0 Å². The Kier molecular flexibility index (Phi) is 2.71. The molecule has 2 saturated carbocycles. The van der Waals surface area contributed by atoms with Crippen molar-refractivity contribution in [3.63, 3.8) is 0 Å². The first kappa shape index (κ1) is 11.1. The summed E-state index contributed by atoms with van der Waals surface area (Å²) < 4.78 is 0. The SMILES string of the molecule is N#CCC1(C2CC2C(N)=O)CCC(=O)CC1. The summed E-state index contributed by atoms with van der Waals surface area (Å²) >= 11 is 0. The first-order valence-corrected chi connectivity index (χ1v) is 5.77. The van der Waals surface area contributed by atoms with E-state index >= 15 is 0 Å². The highest BCUT2D eigenvalue weighted by atomic mass is 16.1. The van der Waals surface area contributed by atoms with Crippen LogP contribution in [0.1, 0.15) is 38.5 Å². The minimum Gasteiger partial charge on any atom is -0.369 e. The molecular formula is C12H16N2O2. The molecule has 2 aliphatic carbocycles. The maximum absolute atomic E-state index is 11.2. The van der Waals surface area contributed by atoms with Gasteiger partial charge in [0.2, 0.25) is 5.91 Å². The van der Waals surface area contributed by atoms with Crippen molar-refractivity contribution in [1.29, 1.82) is 5.26 Å². The van der Waals surface area contributed by atoms with Crippen LogP contribution in [0.2, 0.25) is 0 Å². The van der Waals surface area contributed by atoms with Gasteiger partial charge in [-0.05, 0) is 30.6 Å². The Balaban J connectivity index is 2.09. The van der Waals surface area contributed by atoms with Crippen molar-refractivity contribution in [3.05, 3.63) is 0 Å². The number of Topliss-reactive ketones (excluding diaryl/α,β-unsaturated/α-hetero) is 1. The average molecular weight is 220 g/mol. The Bertz CT molecular complexity index is 360. The molecule has 0 aromatic rings. The number of nitriles is 1. The topological polar surface area (TPSA) is 83.9 Å². The summed E-state index contributed by atoms with van der Waals surface area (Å²) in [6.07, 6.45) is 3.90. The Morgan fingerprint density at radius 3 is 2.56 bits per heavy atom. The molecule has 0 heterocycles. The molecule has 0 aliphatic heterocycles. The third-order valence-corrected chi connectivity index (χ3v) is 4.18. The molecule has 4 nitrogen and oxygen atoms in total. The molecule has 0 saturated heterocycles. The zero-order chi connectivity index (χ0) is 11.8. The standard InChI is InChI=1S/C12H16N2O2/c13-6-5-12(3-1-8(15)2-4-12)10-7-9(10)11(14)16/h9-10H,1-5,7H2,(H2,14,16). The van der Waals surface area contributed by atoms with Crippen LogP contribution in [0.3, 0.4) is 0 Å². The number of hydrogen-bond donors (Lipinski definition) is 1. The number of ketones is 1. The summed E-state index contributed by atoms with van der Waals surface area (Å²) in [6.45, 7) is 0. The van der Waals surface area contributed by atoms with Gasteiger partial charge >= 0.3 is 0 Å². The fourth-order valence-electron chi connectivity index (χ4n) is 3.05. The minimum absolute atomic E-state index is 0.0541. The molecule has 0 bridgehead atoms. The first-order valence-electron chi connectivity index (χ1n) is 5.77. The summed E-state index contributed by atoms with van der Waals surface area (Å²) in [6, 6.07) is 2.21. The molecule has 2 N–H and O–H groups in total. The second-order valence-electron chi connectivity index (χ2n) is 5.09. The van der Waals surface area contributed by atoms with Gasteiger partial charge in [0.25, 0.3) is 0 Å². The van der Waals surface area contributed by atoms with Crippen LogP contribution >= 0.6 is 0 Å². The lowest BCUT2D eigenvalue weighted by Gasteiger charge is -2.35. The number of amides is 1. The van der Waals surface area contributed by atoms with Crippen LogP contribution in [0.25, 0.3) is 0 Å². The average Bonchev–Trinajstić information content (AvgIpc) is 3.02. The van der Waals surface area contributed by atoms with E-state index in [1.54, 1.807) is 0 Å². The van der Waals surface area contributed by atoms with E-state index in [1.165, 1.54) is 0 Å². The van der Waals surface area contributed by atoms with Crippen LogP contribution in [-0.2, 0) is 9.59 Å². The summed E-state index contributed by atoms with van der Waals surface area (Å²) in [5, 5.41) is 8.90. The van der Waals surface area contributed by atoms with Crippen LogP contribution in [0.15, 0.2) is 0 Å². The highest BCUT2D eigenvalue weighted by molar-refractivity contribution is 5.81. The molecule has 86 valence electrons. The van der Waals surface area contributed by atoms with Gasteiger partial charge in [-0.25, -0.2) is 0 Å². The van der Waals surface area contributed by atoms with Crippen LogP contribution in [0, 0.1) is 28.6 Å². The largest absolute Gasteiger partial charge is 0.369 e. The number of nitrogens with two attached hydrogens (primary N) is 1. The van der Waals surface area contributed by atoms with E-state index in [0.29, 0.717) is 19.3 Å². The molecule has 0 spiro atoms. The molecule has 4 heteroatoms. The second kappa shape index (κ2) is 3.89.